The van der Waals surface area contributed by atoms with Crippen LogP contribution in [-0.2, 0) is 0 Å². The highest BCUT2D eigenvalue weighted by Gasteiger charge is 2.48. The maximum atomic E-state index is 3.96. The molecule has 0 aliphatic heterocycles. The molecule has 4 rings (SSSR count). The van der Waals surface area contributed by atoms with Gasteiger partial charge in [0.05, 0.1) is 0 Å². The molecule has 3 saturated carbocycles. The Labute approximate surface area is 116 Å². The van der Waals surface area contributed by atoms with Crippen LogP contribution in [0.5, 0.6) is 0 Å². The van der Waals surface area contributed by atoms with Crippen molar-refractivity contribution in [3.05, 3.63) is 35.9 Å². The summed E-state index contributed by atoms with van der Waals surface area (Å²) in [6.45, 7) is 2.33. The number of benzene rings is 1. The van der Waals surface area contributed by atoms with Crippen molar-refractivity contribution in [2.45, 2.75) is 51.1 Å². The van der Waals surface area contributed by atoms with Crippen molar-refractivity contribution in [2.24, 2.45) is 23.7 Å². The van der Waals surface area contributed by atoms with Gasteiger partial charge < -0.3 is 5.32 Å². The minimum Gasteiger partial charge on any atom is -0.307 e. The summed E-state index contributed by atoms with van der Waals surface area (Å²) < 4.78 is 0. The fourth-order valence-electron chi connectivity index (χ4n) is 5.31. The molecule has 3 aliphatic rings. The summed E-state index contributed by atoms with van der Waals surface area (Å²) in [5.74, 6) is 4.14. The topological polar surface area (TPSA) is 12.0 Å². The van der Waals surface area contributed by atoms with E-state index in [-0.39, 0.29) is 0 Å². The van der Waals surface area contributed by atoms with Gasteiger partial charge in [0, 0.05) is 12.1 Å². The highest BCUT2D eigenvalue weighted by atomic mass is 15.0. The van der Waals surface area contributed by atoms with Crippen molar-refractivity contribution in [3.63, 3.8) is 0 Å². The van der Waals surface area contributed by atoms with E-state index in [4.69, 9.17) is 0 Å². The van der Waals surface area contributed by atoms with Crippen LogP contribution in [0.4, 0.5) is 0 Å². The zero-order valence-corrected chi connectivity index (χ0v) is 11.9. The Bertz CT molecular complexity index is 438. The average molecular weight is 255 g/mol. The number of rotatable bonds is 3. The summed E-state index contributed by atoms with van der Waals surface area (Å²) in [7, 11) is 0. The molecule has 3 fully saturated rings. The molecule has 1 aromatic carbocycles. The lowest BCUT2D eigenvalue weighted by Crippen LogP contribution is -2.44. The van der Waals surface area contributed by atoms with Crippen LogP contribution in [0, 0.1) is 23.7 Å². The van der Waals surface area contributed by atoms with Gasteiger partial charge in [-0.2, -0.15) is 0 Å². The first-order valence-electron chi connectivity index (χ1n) is 8.10. The van der Waals surface area contributed by atoms with Gasteiger partial charge in [0.2, 0.25) is 0 Å². The Hall–Kier alpha value is -0.820. The maximum Gasteiger partial charge on any atom is 0.0294 e. The highest BCUT2D eigenvalue weighted by Crippen LogP contribution is 2.55. The van der Waals surface area contributed by atoms with Crippen LogP contribution in [0.1, 0.15) is 50.6 Å². The Morgan fingerprint density at radius 1 is 0.947 bits per heavy atom. The van der Waals surface area contributed by atoms with Crippen molar-refractivity contribution >= 4 is 0 Å². The van der Waals surface area contributed by atoms with Crippen LogP contribution in [0.3, 0.4) is 0 Å². The Balaban J connectivity index is 1.48. The van der Waals surface area contributed by atoms with Gasteiger partial charge >= 0.3 is 0 Å². The van der Waals surface area contributed by atoms with E-state index in [0.717, 1.165) is 29.7 Å². The lowest BCUT2D eigenvalue weighted by Gasteiger charge is -2.41. The number of hydrogen-bond donors (Lipinski definition) is 1. The normalized spacial score (nSPS) is 41.4. The Morgan fingerprint density at radius 2 is 1.68 bits per heavy atom. The van der Waals surface area contributed by atoms with E-state index in [1.807, 2.05) is 0 Å². The monoisotopic (exact) mass is 255 g/mol. The van der Waals surface area contributed by atoms with Gasteiger partial charge in [0.25, 0.3) is 0 Å². The van der Waals surface area contributed by atoms with Gasteiger partial charge in [-0.1, -0.05) is 30.3 Å². The standard InChI is InChI=1S/C18H25N/c1-12(15-5-3-2-4-6-15)19-18-11-14-7-13-8-16(9-14)17(18)10-13/h2-6,12-14,16-19H,7-11H2,1H3. The molecule has 3 bridgehead atoms. The van der Waals surface area contributed by atoms with E-state index >= 15 is 0 Å². The lowest BCUT2D eigenvalue weighted by molar-refractivity contribution is 0.131. The minimum absolute atomic E-state index is 0.503. The smallest absolute Gasteiger partial charge is 0.0294 e. The molecule has 1 aromatic rings. The summed E-state index contributed by atoms with van der Waals surface area (Å²) in [5, 5.41) is 3.96. The minimum atomic E-state index is 0.503. The van der Waals surface area contributed by atoms with E-state index in [9.17, 15) is 0 Å². The second-order valence-corrected chi connectivity index (χ2v) is 7.24. The second-order valence-electron chi connectivity index (χ2n) is 7.24. The summed E-state index contributed by atoms with van der Waals surface area (Å²) in [6, 6.07) is 12.2. The first-order valence-corrected chi connectivity index (χ1v) is 8.10. The summed E-state index contributed by atoms with van der Waals surface area (Å²) in [4.78, 5) is 0. The van der Waals surface area contributed by atoms with Crippen LogP contribution in [0.25, 0.3) is 0 Å². The quantitative estimate of drug-likeness (QED) is 0.855. The van der Waals surface area contributed by atoms with Gasteiger partial charge in [0.15, 0.2) is 0 Å². The molecule has 6 unspecified atom stereocenters. The van der Waals surface area contributed by atoms with E-state index in [1.54, 1.807) is 12.8 Å². The molecule has 3 aliphatic carbocycles. The third-order valence-electron chi connectivity index (χ3n) is 6.02. The molecular weight excluding hydrogens is 230 g/mol. The first kappa shape index (κ1) is 12.0. The van der Waals surface area contributed by atoms with Crippen molar-refractivity contribution in [3.8, 4) is 0 Å². The fourth-order valence-corrected chi connectivity index (χ4v) is 5.31. The Morgan fingerprint density at radius 3 is 2.47 bits per heavy atom. The predicted molar refractivity (Wildman–Crippen MR) is 78.8 cm³/mol. The van der Waals surface area contributed by atoms with Crippen molar-refractivity contribution < 1.29 is 0 Å². The third kappa shape index (κ3) is 2.12. The molecule has 102 valence electrons. The van der Waals surface area contributed by atoms with Gasteiger partial charge in [-0.15, -0.1) is 0 Å². The fraction of sp³-hybridized carbons (Fsp3) is 0.667. The number of fused-ring (bicyclic) bond motifs is 2. The van der Waals surface area contributed by atoms with Crippen LogP contribution in [-0.4, -0.2) is 6.04 Å². The molecule has 6 atom stereocenters. The predicted octanol–water partition coefficient (Wildman–Crippen LogP) is 4.16. The zero-order valence-electron chi connectivity index (χ0n) is 11.9. The largest absolute Gasteiger partial charge is 0.307 e. The van der Waals surface area contributed by atoms with Crippen molar-refractivity contribution in [1.82, 2.24) is 5.32 Å². The summed E-state index contributed by atoms with van der Waals surface area (Å²) >= 11 is 0. The molecule has 1 N–H and O–H groups in total. The van der Waals surface area contributed by atoms with E-state index in [1.165, 1.54) is 24.8 Å². The number of nitrogens with one attached hydrogen (secondary N) is 1. The Kier molecular flexibility index (Phi) is 2.91. The SMILES string of the molecule is CC(NC1CC2CC3CC(C2)C1C3)c1ccccc1. The molecule has 1 heteroatoms. The lowest BCUT2D eigenvalue weighted by atomic mass is 9.70. The van der Waals surface area contributed by atoms with E-state index in [2.05, 4.69) is 42.6 Å². The molecule has 0 saturated heterocycles. The molecule has 0 spiro atoms. The first-order chi connectivity index (χ1) is 9.29. The molecule has 0 aromatic heterocycles. The molecule has 1 nitrogen and oxygen atoms in total. The molecule has 19 heavy (non-hydrogen) atoms. The highest BCUT2D eigenvalue weighted by molar-refractivity contribution is 5.18. The molecule has 0 amide bonds. The van der Waals surface area contributed by atoms with Crippen LogP contribution in [0.15, 0.2) is 30.3 Å². The second kappa shape index (κ2) is 4.63. The van der Waals surface area contributed by atoms with Gasteiger partial charge in [0.1, 0.15) is 0 Å². The summed E-state index contributed by atoms with van der Waals surface area (Å²) in [6.07, 6.45) is 7.57. The van der Waals surface area contributed by atoms with Gasteiger partial charge in [-0.05, 0) is 68.3 Å². The van der Waals surface area contributed by atoms with Crippen LogP contribution >= 0.6 is 0 Å². The van der Waals surface area contributed by atoms with Crippen molar-refractivity contribution in [2.75, 3.05) is 0 Å². The van der Waals surface area contributed by atoms with Crippen LogP contribution in [0.2, 0.25) is 0 Å². The molecular formula is C18H25N. The zero-order chi connectivity index (χ0) is 12.8. The van der Waals surface area contributed by atoms with Crippen molar-refractivity contribution in [1.29, 1.82) is 0 Å². The van der Waals surface area contributed by atoms with E-state index in [0.29, 0.717) is 6.04 Å². The average Bonchev–Trinajstić information content (AvgIpc) is 2.66. The van der Waals surface area contributed by atoms with Crippen LogP contribution < -0.4 is 5.32 Å². The van der Waals surface area contributed by atoms with Gasteiger partial charge in [-0.3, -0.25) is 0 Å². The maximum absolute atomic E-state index is 3.96. The van der Waals surface area contributed by atoms with Gasteiger partial charge in [-0.25, -0.2) is 0 Å². The molecule has 0 radical (unpaired) electrons. The summed E-state index contributed by atoms with van der Waals surface area (Å²) in [5.41, 5.74) is 1.44. The van der Waals surface area contributed by atoms with E-state index < -0.39 is 0 Å². The third-order valence-corrected chi connectivity index (χ3v) is 6.02. The molecule has 0 heterocycles. The number of hydrogen-bond acceptors (Lipinski definition) is 1.